The first-order chi connectivity index (χ1) is 15.4. The molecule has 0 radical (unpaired) electrons. The summed E-state index contributed by atoms with van der Waals surface area (Å²) in [4.78, 5) is 30.3. The van der Waals surface area contributed by atoms with Gasteiger partial charge in [0.25, 0.3) is 5.91 Å². The van der Waals surface area contributed by atoms with Crippen molar-refractivity contribution in [1.29, 1.82) is 0 Å². The second-order valence-electron chi connectivity index (χ2n) is 6.83. The number of pyridine rings is 1. The molecule has 2 N–H and O–H groups in total. The van der Waals surface area contributed by atoms with Crippen LogP contribution in [0.3, 0.4) is 0 Å². The summed E-state index contributed by atoms with van der Waals surface area (Å²) >= 11 is 6.01. The lowest BCUT2D eigenvalue weighted by molar-refractivity contribution is 0.0527. The van der Waals surface area contributed by atoms with Gasteiger partial charge in [-0.3, -0.25) is 4.79 Å². The number of nitrogen functional groups attached to an aromatic ring is 1. The Labute approximate surface area is 188 Å². The first-order valence-corrected chi connectivity index (χ1v) is 10.1. The molecule has 0 unspecified atom stereocenters. The summed E-state index contributed by atoms with van der Waals surface area (Å²) in [5, 5.41) is 5.18. The van der Waals surface area contributed by atoms with Crippen molar-refractivity contribution in [3.8, 4) is 17.0 Å². The molecule has 0 fully saturated rings. The highest BCUT2D eigenvalue weighted by Crippen LogP contribution is 2.29. The van der Waals surface area contributed by atoms with E-state index in [9.17, 15) is 9.59 Å². The fraction of sp³-hybridized carbons (Fsp3) is 0.130. The maximum Gasteiger partial charge on any atom is 0.343 e. The van der Waals surface area contributed by atoms with E-state index in [1.807, 2.05) is 12.1 Å². The van der Waals surface area contributed by atoms with Crippen LogP contribution in [0.1, 0.15) is 27.6 Å². The van der Waals surface area contributed by atoms with Gasteiger partial charge in [0.1, 0.15) is 17.1 Å². The summed E-state index contributed by atoms with van der Waals surface area (Å²) < 4.78 is 11.3. The molecule has 0 atom stereocenters. The van der Waals surface area contributed by atoms with Crippen molar-refractivity contribution < 1.29 is 19.1 Å². The first kappa shape index (κ1) is 21.3. The minimum absolute atomic E-state index is 0.0223. The van der Waals surface area contributed by atoms with Gasteiger partial charge in [-0.05, 0) is 43.3 Å². The Balaban J connectivity index is 1.89. The molecule has 4 rings (SSSR count). The average Bonchev–Trinajstić information content (AvgIpc) is 3.19. The summed E-state index contributed by atoms with van der Waals surface area (Å²) in [6.07, 6.45) is 1.22. The van der Waals surface area contributed by atoms with Gasteiger partial charge in [0.15, 0.2) is 0 Å². The van der Waals surface area contributed by atoms with Crippen LogP contribution in [-0.4, -0.2) is 40.4 Å². The number of methoxy groups -OCH3 is 1. The number of rotatable bonds is 5. The number of carbonyl (C=O) groups is 2. The zero-order chi connectivity index (χ0) is 22.8. The van der Waals surface area contributed by atoms with Crippen LogP contribution in [0.4, 0.5) is 5.82 Å². The van der Waals surface area contributed by atoms with Crippen LogP contribution >= 0.6 is 11.6 Å². The van der Waals surface area contributed by atoms with Crippen molar-refractivity contribution in [3.05, 3.63) is 70.9 Å². The molecule has 0 aliphatic carbocycles. The lowest BCUT2D eigenvalue weighted by Crippen LogP contribution is -2.18. The van der Waals surface area contributed by atoms with Crippen LogP contribution in [0.2, 0.25) is 5.02 Å². The largest absolute Gasteiger partial charge is 0.497 e. The number of ether oxygens (including phenoxy) is 2. The Hall–Kier alpha value is -3.91. The third-order valence-electron chi connectivity index (χ3n) is 4.88. The van der Waals surface area contributed by atoms with E-state index < -0.39 is 11.9 Å². The zero-order valence-corrected chi connectivity index (χ0v) is 18.1. The number of esters is 1. The molecule has 8 nitrogen and oxygen atoms in total. The molecule has 32 heavy (non-hydrogen) atoms. The number of nitrogens with two attached hydrogens (primary N) is 1. The zero-order valence-electron chi connectivity index (χ0n) is 17.3. The quantitative estimate of drug-likeness (QED) is 0.453. The molecule has 2 aromatic heterocycles. The highest BCUT2D eigenvalue weighted by molar-refractivity contribution is 6.30. The predicted octanol–water partition coefficient (Wildman–Crippen LogP) is 4.21. The van der Waals surface area contributed by atoms with Crippen LogP contribution in [0.15, 0.2) is 54.7 Å². The molecule has 0 bridgehead atoms. The molecule has 0 saturated carbocycles. The van der Waals surface area contributed by atoms with Gasteiger partial charge in [0, 0.05) is 16.0 Å². The summed E-state index contributed by atoms with van der Waals surface area (Å²) in [6.45, 7) is 1.86. The molecule has 162 valence electrons. The number of fused-ring (bicyclic) bond motifs is 1. The van der Waals surface area contributed by atoms with Gasteiger partial charge >= 0.3 is 5.97 Å². The van der Waals surface area contributed by atoms with Crippen molar-refractivity contribution in [3.63, 3.8) is 0 Å². The van der Waals surface area contributed by atoms with Crippen LogP contribution in [0, 0.1) is 0 Å². The van der Waals surface area contributed by atoms with E-state index in [1.165, 1.54) is 13.3 Å². The number of aromatic nitrogens is 3. The van der Waals surface area contributed by atoms with Crippen molar-refractivity contribution in [2.24, 2.45) is 0 Å². The van der Waals surface area contributed by atoms with Crippen LogP contribution in [-0.2, 0) is 4.74 Å². The van der Waals surface area contributed by atoms with Crippen LogP contribution in [0.5, 0.6) is 5.75 Å². The van der Waals surface area contributed by atoms with Gasteiger partial charge in [0.05, 0.1) is 36.7 Å². The third-order valence-corrected chi connectivity index (χ3v) is 5.13. The summed E-state index contributed by atoms with van der Waals surface area (Å²) in [7, 11) is 1.54. The first-order valence-electron chi connectivity index (χ1n) is 9.73. The van der Waals surface area contributed by atoms with Gasteiger partial charge in [0.2, 0.25) is 0 Å². The van der Waals surface area contributed by atoms with E-state index in [0.29, 0.717) is 32.9 Å². The van der Waals surface area contributed by atoms with Gasteiger partial charge in [-0.2, -0.15) is 9.78 Å². The molecule has 0 aliphatic heterocycles. The molecule has 4 aromatic rings. The van der Waals surface area contributed by atoms with Crippen LogP contribution in [0.25, 0.3) is 22.2 Å². The maximum atomic E-state index is 13.5. The molecule has 0 saturated heterocycles. The van der Waals surface area contributed by atoms with Crippen LogP contribution < -0.4 is 10.5 Å². The summed E-state index contributed by atoms with van der Waals surface area (Å²) in [5.74, 6) is -0.705. The molecule has 9 heteroatoms. The number of anilines is 1. The van der Waals surface area contributed by atoms with E-state index in [2.05, 4.69) is 10.1 Å². The van der Waals surface area contributed by atoms with Gasteiger partial charge in [-0.1, -0.05) is 23.7 Å². The predicted molar refractivity (Wildman–Crippen MR) is 121 cm³/mol. The lowest BCUT2D eigenvalue weighted by atomic mass is 10.0. The highest BCUT2D eigenvalue weighted by atomic mass is 35.5. The molecule has 0 spiro atoms. The number of hydrogen-bond acceptors (Lipinski definition) is 7. The van der Waals surface area contributed by atoms with Crippen molar-refractivity contribution in [2.75, 3.05) is 19.5 Å². The lowest BCUT2D eigenvalue weighted by Gasteiger charge is -2.11. The normalized spacial score (nSPS) is 10.8. The fourth-order valence-corrected chi connectivity index (χ4v) is 3.40. The van der Waals surface area contributed by atoms with E-state index in [1.54, 1.807) is 43.3 Å². The Morgan fingerprint density at radius 2 is 1.84 bits per heavy atom. The highest BCUT2D eigenvalue weighted by Gasteiger charge is 2.23. The molecule has 0 aliphatic rings. The maximum absolute atomic E-state index is 13.5. The van der Waals surface area contributed by atoms with Gasteiger partial charge < -0.3 is 15.2 Å². The monoisotopic (exact) mass is 450 g/mol. The number of hydrogen-bond donors (Lipinski definition) is 1. The minimum Gasteiger partial charge on any atom is -0.497 e. The minimum atomic E-state index is -0.646. The fourth-order valence-electron chi connectivity index (χ4n) is 3.28. The second-order valence-corrected chi connectivity index (χ2v) is 7.26. The Morgan fingerprint density at radius 3 is 2.53 bits per heavy atom. The third kappa shape index (κ3) is 3.88. The number of nitrogens with zero attached hydrogens (tertiary/aromatic N) is 3. The molecule has 2 aromatic carbocycles. The Bertz CT molecular complexity index is 1330. The van der Waals surface area contributed by atoms with Crippen molar-refractivity contribution in [1.82, 2.24) is 14.8 Å². The van der Waals surface area contributed by atoms with Crippen molar-refractivity contribution >= 4 is 40.2 Å². The number of halogens is 1. The standard InChI is InChI=1S/C23H19ClN4O4/c1-3-32-23(30)18-12-26-28(21(18)25)22(29)17-11-20(13-4-6-14(24)7-5-13)27-19-9-8-15(31-2)10-16(17)19/h4-12H,3,25H2,1-2H3. The summed E-state index contributed by atoms with van der Waals surface area (Å²) in [6, 6.07) is 14.0. The second kappa shape index (κ2) is 8.68. The molecular weight excluding hydrogens is 432 g/mol. The number of carbonyl (C=O) groups excluding carboxylic acids is 2. The molecule has 0 amide bonds. The van der Waals surface area contributed by atoms with Gasteiger partial charge in [-0.15, -0.1) is 0 Å². The molecular formula is C23H19ClN4O4. The Morgan fingerprint density at radius 1 is 1.09 bits per heavy atom. The number of benzene rings is 2. The smallest absolute Gasteiger partial charge is 0.343 e. The van der Waals surface area contributed by atoms with Crippen molar-refractivity contribution in [2.45, 2.75) is 6.92 Å². The SMILES string of the molecule is CCOC(=O)c1cnn(C(=O)c2cc(-c3ccc(Cl)cc3)nc3ccc(OC)cc23)c1N. The van der Waals surface area contributed by atoms with E-state index in [-0.39, 0.29) is 18.0 Å². The summed E-state index contributed by atoms with van der Waals surface area (Å²) in [5.41, 5.74) is 8.31. The van der Waals surface area contributed by atoms with E-state index >= 15 is 0 Å². The van der Waals surface area contributed by atoms with Gasteiger partial charge in [-0.25, -0.2) is 9.78 Å². The molecule has 2 heterocycles. The van der Waals surface area contributed by atoms with E-state index in [0.717, 1.165) is 10.2 Å². The topological polar surface area (TPSA) is 109 Å². The average molecular weight is 451 g/mol. The Kier molecular flexibility index (Phi) is 5.79. The van der Waals surface area contributed by atoms with E-state index in [4.69, 9.17) is 26.8 Å².